The maximum atomic E-state index is 12.4. The molecule has 1 aromatic carbocycles. The summed E-state index contributed by atoms with van der Waals surface area (Å²) < 4.78 is 0. The zero-order valence-electron chi connectivity index (χ0n) is 12.8. The van der Waals surface area contributed by atoms with Crippen LogP contribution in [-0.4, -0.2) is 21.1 Å². The predicted octanol–water partition coefficient (Wildman–Crippen LogP) is 3.07. The predicted molar refractivity (Wildman–Crippen MR) is 95.7 cm³/mol. The third-order valence-corrected chi connectivity index (χ3v) is 4.35. The van der Waals surface area contributed by atoms with Crippen molar-refractivity contribution in [2.75, 3.05) is 0 Å². The first-order valence-electron chi connectivity index (χ1n) is 7.27. The fraction of sp³-hybridized carbons (Fsp3) is 0.0588. The maximum absolute atomic E-state index is 12.4. The molecule has 0 aliphatic rings. The number of hydrogen-bond donors (Lipinski definition) is 2. The van der Waals surface area contributed by atoms with Crippen LogP contribution in [0.4, 0.5) is 0 Å². The second-order valence-electron chi connectivity index (χ2n) is 5.13. The summed E-state index contributed by atoms with van der Waals surface area (Å²) in [6, 6.07) is 10.0. The number of nitrogens with zero attached hydrogens (tertiary/aromatic N) is 2. The van der Waals surface area contributed by atoms with E-state index in [1.807, 2.05) is 0 Å². The molecule has 0 saturated carbocycles. The average Bonchev–Trinajstić information content (AvgIpc) is 2.64. The molecule has 126 valence electrons. The summed E-state index contributed by atoms with van der Waals surface area (Å²) >= 11 is 12.0. The van der Waals surface area contributed by atoms with E-state index in [2.05, 4.69) is 20.5 Å². The van der Waals surface area contributed by atoms with Gasteiger partial charge >= 0.3 is 0 Å². The van der Waals surface area contributed by atoms with Crippen molar-refractivity contribution >= 4 is 29.1 Å². The van der Waals surface area contributed by atoms with Gasteiger partial charge in [-0.25, -0.2) is 5.10 Å². The number of aromatic nitrogens is 3. The van der Waals surface area contributed by atoms with Crippen LogP contribution < -0.4 is 10.9 Å². The highest BCUT2D eigenvalue weighted by Crippen LogP contribution is 2.25. The molecule has 3 aromatic rings. The van der Waals surface area contributed by atoms with Crippen LogP contribution in [0.3, 0.4) is 0 Å². The fourth-order valence-electron chi connectivity index (χ4n) is 2.20. The monoisotopic (exact) mass is 374 g/mol. The van der Waals surface area contributed by atoms with E-state index in [4.69, 9.17) is 23.2 Å². The van der Waals surface area contributed by atoms with Crippen LogP contribution in [0, 0.1) is 0 Å². The van der Waals surface area contributed by atoms with Gasteiger partial charge < -0.3 is 5.32 Å². The molecule has 2 aromatic heterocycles. The van der Waals surface area contributed by atoms with Crippen LogP contribution in [-0.2, 0) is 6.54 Å². The van der Waals surface area contributed by atoms with Crippen molar-refractivity contribution in [3.63, 3.8) is 0 Å². The Bertz CT molecular complexity index is 974. The number of nitrogens with one attached hydrogen (secondary N) is 2. The smallest absolute Gasteiger partial charge is 0.277 e. The first-order chi connectivity index (χ1) is 12.1. The van der Waals surface area contributed by atoms with Crippen LogP contribution in [0.25, 0.3) is 11.3 Å². The number of pyridine rings is 1. The van der Waals surface area contributed by atoms with Gasteiger partial charge in [0.1, 0.15) is 5.56 Å². The van der Waals surface area contributed by atoms with Gasteiger partial charge in [0.25, 0.3) is 11.5 Å². The van der Waals surface area contributed by atoms with Crippen LogP contribution in [0.2, 0.25) is 10.0 Å². The number of halogens is 2. The van der Waals surface area contributed by atoms with Crippen molar-refractivity contribution in [1.29, 1.82) is 0 Å². The molecule has 0 unspecified atom stereocenters. The molecule has 0 atom stereocenters. The summed E-state index contributed by atoms with van der Waals surface area (Å²) in [6.45, 7) is 0.143. The zero-order valence-corrected chi connectivity index (χ0v) is 14.3. The number of benzene rings is 1. The molecular weight excluding hydrogens is 363 g/mol. The van der Waals surface area contributed by atoms with Crippen molar-refractivity contribution in [3.8, 4) is 11.3 Å². The van der Waals surface area contributed by atoms with Gasteiger partial charge in [-0.3, -0.25) is 14.6 Å². The third kappa shape index (κ3) is 3.87. The first kappa shape index (κ1) is 17.1. The molecule has 0 spiro atoms. The standard InChI is InChI=1S/C17H12Cl2N4O2/c18-13-3-1-2-11(15(13)19)9-21-16(24)12-8-14(22-23-17(12)25)10-4-6-20-7-5-10/h1-8H,9H2,(H,21,24)(H,23,25). The Labute approximate surface area is 152 Å². The lowest BCUT2D eigenvalue weighted by Gasteiger charge is -2.08. The molecule has 2 heterocycles. The minimum atomic E-state index is -0.576. The van der Waals surface area contributed by atoms with Gasteiger partial charge in [0, 0.05) is 24.5 Å². The Balaban J connectivity index is 1.82. The van der Waals surface area contributed by atoms with Gasteiger partial charge in [0.2, 0.25) is 0 Å². The van der Waals surface area contributed by atoms with Crippen molar-refractivity contribution in [2.45, 2.75) is 6.54 Å². The molecule has 0 bridgehead atoms. The highest BCUT2D eigenvalue weighted by Gasteiger charge is 2.14. The molecule has 6 nitrogen and oxygen atoms in total. The minimum Gasteiger partial charge on any atom is -0.348 e. The van der Waals surface area contributed by atoms with Gasteiger partial charge in [-0.05, 0) is 29.8 Å². The number of H-pyrrole nitrogens is 1. The van der Waals surface area contributed by atoms with E-state index in [1.54, 1.807) is 42.7 Å². The highest BCUT2D eigenvalue weighted by atomic mass is 35.5. The molecule has 25 heavy (non-hydrogen) atoms. The highest BCUT2D eigenvalue weighted by molar-refractivity contribution is 6.42. The van der Waals surface area contributed by atoms with Gasteiger partial charge in [0.05, 0.1) is 15.7 Å². The topological polar surface area (TPSA) is 87.7 Å². The van der Waals surface area contributed by atoms with Crippen molar-refractivity contribution in [2.24, 2.45) is 0 Å². The second-order valence-corrected chi connectivity index (χ2v) is 5.91. The second kappa shape index (κ2) is 7.46. The lowest BCUT2D eigenvalue weighted by Crippen LogP contribution is -2.29. The molecule has 0 saturated heterocycles. The minimum absolute atomic E-state index is 0.0417. The molecule has 0 fully saturated rings. The number of amides is 1. The Morgan fingerprint density at radius 3 is 2.68 bits per heavy atom. The van der Waals surface area contributed by atoms with Gasteiger partial charge in [-0.2, -0.15) is 5.10 Å². The molecule has 8 heteroatoms. The largest absolute Gasteiger partial charge is 0.348 e. The van der Waals surface area contributed by atoms with Crippen LogP contribution in [0.15, 0.2) is 53.6 Å². The van der Waals surface area contributed by atoms with E-state index in [0.29, 0.717) is 21.3 Å². The Hall–Kier alpha value is -2.70. The van der Waals surface area contributed by atoms with E-state index in [0.717, 1.165) is 5.56 Å². The number of carbonyl (C=O) groups is 1. The third-order valence-electron chi connectivity index (χ3n) is 3.50. The van der Waals surface area contributed by atoms with Crippen molar-refractivity contribution < 1.29 is 4.79 Å². The van der Waals surface area contributed by atoms with Gasteiger partial charge in [0.15, 0.2) is 0 Å². The molecule has 3 rings (SSSR count). The summed E-state index contributed by atoms with van der Waals surface area (Å²) in [5.41, 5.74) is 1.24. The number of aromatic amines is 1. The number of hydrogen-bond acceptors (Lipinski definition) is 4. The summed E-state index contributed by atoms with van der Waals surface area (Å²) in [4.78, 5) is 28.2. The van der Waals surface area contributed by atoms with E-state index in [1.165, 1.54) is 6.07 Å². The molecule has 0 aliphatic heterocycles. The van der Waals surface area contributed by atoms with Gasteiger partial charge in [-0.1, -0.05) is 35.3 Å². The average molecular weight is 375 g/mol. The van der Waals surface area contributed by atoms with Crippen LogP contribution in [0.5, 0.6) is 0 Å². The number of rotatable bonds is 4. The van der Waals surface area contributed by atoms with E-state index < -0.39 is 11.5 Å². The van der Waals surface area contributed by atoms with Crippen molar-refractivity contribution in [1.82, 2.24) is 20.5 Å². The maximum Gasteiger partial charge on any atom is 0.277 e. The Morgan fingerprint density at radius 2 is 1.92 bits per heavy atom. The molecular formula is C17H12Cl2N4O2. The summed E-state index contributed by atoms with van der Waals surface area (Å²) in [7, 11) is 0. The normalized spacial score (nSPS) is 10.5. The van der Waals surface area contributed by atoms with E-state index in [-0.39, 0.29) is 12.1 Å². The van der Waals surface area contributed by atoms with E-state index in [9.17, 15) is 9.59 Å². The first-order valence-corrected chi connectivity index (χ1v) is 8.03. The Kier molecular flexibility index (Phi) is 5.11. The summed E-state index contributed by atoms with van der Waals surface area (Å²) in [5, 5.41) is 9.71. The SMILES string of the molecule is O=C(NCc1cccc(Cl)c1Cl)c1cc(-c2ccncc2)n[nH]c1=O. The van der Waals surface area contributed by atoms with Crippen LogP contribution in [0.1, 0.15) is 15.9 Å². The zero-order chi connectivity index (χ0) is 17.8. The number of carbonyl (C=O) groups excluding carboxylic acids is 1. The van der Waals surface area contributed by atoms with Gasteiger partial charge in [-0.15, -0.1) is 0 Å². The van der Waals surface area contributed by atoms with Crippen LogP contribution >= 0.6 is 23.2 Å². The molecule has 0 aliphatic carbocycles. The molecule has 0 radical (unpaired) electrons. The summed E-state index contributed by atoms with van der Waals surface area (Å²) in [5.74, 6) is -0.532. The molecule has 2 N–H and O–H groups in total. The fourth-order valence-corrected chi connectivity index (χ4v) is 2.59. The van der Waals surface area contributed by atoms with E-state index >= 15 is 0 Å². The van der Waals surface area contributed by atoms with Crippen molar-refractivity contribution in [3.05, 3.63) is 80.3 Å². The lowest BCUT2D eigenvalue weighted by atomic mass is 10.1. The Morgan fingerprint density at radius 1 is 1.16 bits per heavy atom. The lowest BCUT2D eigenvalue weighted by molar-refractivity contribution is 0.0949. The quantitative estimate of drug-likeness (QED) is 0.734. The molecule has 1 amide bonds. The summed E-state index contributed by atoms with van der Waals surface area (Å²) in [6.07, 6.45) is 3.20.